The topological polar surface area (TPSA) is 64.6 Å². The molecule has 1 saturated heterocycles. The van der Waals surface area contributed by atoms with Crippen LogP contribution in [0, 0.1) is 11.8 Å². The van der Waals surface area contributed by atoms with E-state index in [9.17, 15) is 9.59 Å². The summed E-state index contributed by atoms with van der Waals surface area (Å²) in [6, 6.07) is -0.229. The molecule has 5 heteroatoms. The van der Waals surface area contributed by atoms with Gasteiger partial charge in [0, 0.05) is 5.92 Å². The first kappa shape index (κ1) is 13.5. The molecule has 1 heterocycles. The van der Waals surface area contributed by atoms with E-state index in [1.807, 2.05) is 0 Å². The summed E-state index contributed by atoms with van der Waals surface area (Å²) in [4.78, 5) is 22.3. The number of carbonyl (C=O) groups is 2. The number of rotatable bonds is 3. The van der Waals surface area contributed by atoms with E-state index in [4.69, 9.17) is 4.74 Å². The van der Waals surface area contributed by atoms with Crippen molar-refractivity contribution in [2.24, 2.45) is 0 Å². The van der Waals surface area contributed by atoms with Crippen LogP contribution >= 0.6 is 0 Å². The Kier molecular flexibility index (Phi) is 6.12. The molecule has 1 aliphatic rings. The Morgan fingerprint density at radius 3 is 2.82 bits per heavy atom. The summed E-state index contributed by atoms with van der Waals surface area (Å²) >= 11 is 0. The van der Waals surface area contributed by atoms with Crippen molar-refractivity contribution in [3.05, 3.63) is 0 Å². The highest BCUT2D eigenvalue weighted by Crippen LogP contribution is 2.07. The van der Waals surface area contributed by atoms with Crippen LogP contribution in [0.5, 0.6) is 0 Å². The second-order valence-corrected chi connectivity index (χ2v) is 3.63. The van der Waals surface area contributed by atoms with Crippen molar-refractivity contribution >= 4 is 11.9 Å². The van der Waals surface area contributed by atoms with Crippen LogP contribution in [0.2, 0.25) is 0 Å². The van der Waals surface area contributed by atoms with E-state index < -0.39 is 5.97 Å². The van der Waals surface area contributed by atoms with Crippen molar-refractivity contribution in [3.63, 3.8) is 0 Å². The molecule has 94 valence electrons. The number of hydrogen-bond donors (Lipinski definition) is 1. The Labute approximate surface area is 101 Å². The molecule has 0 aromatic heterocycles. The van der Waals surface area contributed by atoms with E-state index in [0.29, 0.717) is 6.61 Å². The Hall–Kier alpha value is -1.54. The summed E-state index contributed by atoms with van der Waals surface area (Å²) in [6.07, 6.45) is 2.91. The smallest absolute Gasteiger partial charge is 0.384 e. The van der Waals surface area contributed by atoms with Crippen LogP contribution in [0.4, 0.5) is 0 Å². The summed E-state index contributed by atoms with van der Waals surface area (Å²) in [7, 11) is 0. The second-order valence-electron chi connectivity index (χ2n) is 3.63. The fourth-order valence-corrected chi connectivity index (χ4v) is 1.54. The first-order chi connectivity index (χ1) is 8.24. The molecule has 0 aromatic carbocycles. The van der Waals surface area contributed by atoms with Crippen molar-refractivity contribution in [2.75, 3.05) is 19.8 Å². The molecule has 1 fully saturated rings. The van der Waals surface area contributed by atoms with Gasteiger partial charge in [-0.1, -0.05) is 6.42 Å². The first-order valence-electron chi connectivity index (χ1n) is 5.79. The third kappa shape index (κ3) is 5.36. The lowest BCUT2D eigenvalue weighted by Crippen LogP contribution is -2.41. The summed E-state index contributed by atoms with van der Waals surface area (Å²) < 4.78 is 9.53. The van der Waals surface area contributed by atoms with E-state index in [1.54, 1.807) is 6.92 Å². The minimum atomic E-state index is -0.598. The van der Waals surface area contributed by atoms with Crippen LogP contribution in [0.1, 0.15) is 26.2 Å². The zero-order chi connectivity index (χ0) is 12.5. The predicted molar refractivity (Wildman–Crippen MR) is 61.0 cm³/mol. The lowest BCUT2D eigenvalue weighted by atomic mass is 10.1. The number of ether oxygens (including phenoxy) is 2. The molecule has 0 aliphatic carbocycles. The molecule has 1 aliphatic heterocycles. The summed E-state index contributed by atoms with van der Waals surface area (Å²) in [5.41, 5.74) is 0. The van der Waals surface area contributed by atoms with Crippen LogP contribution in [-0.4, -0.2) is 37.7 Å². The van der Waals surface area contributed by atoms with Crippen LogP contribution in [0.25, 0.3) is 0 Å². The minimum Gasteiger partial charge on any atom is -0.456 e. The van der Waals surface area contributed by atoms with Crippen molar-refractivity contribution in [3.8, 4) is 11.8 Å². The highest BCUT2D eigenvalue weighted by Gasteiger charge is 2.21. The molecular weight excluding hydrogens is 222 g/mol. The van der Waals surface area contributed by atoms with Crippen LogP contribution in [0.3, 0.4) is 0 Å². The number of piperidine rings is 1. The van der Waals surface area contributed by atoms with Crippen LogP contribution in [-0.2, 0) is 19.1 Å². The zero-order valence-corrected chi connectivity index (χ0v) is 9.95. The number of esters is 2. The standard InChI is InChI=1S/C12H17NO4/c1-2-16-11(14)7-5-9-17-12(15)10-6-3-4-8-13-10/h10,13H,2-4,6,8-9H2,1H3. The Morgan fingerprint density at radius 2 is 2.18 bits per heavy atom. The maximum absolute atomic E-state index is 11.5. The van der Waals surface area contributed by atoms with Gasteiger partial charge in [-0.3, -0.25) is 4.79 Å². The van der Waals surface area contributed by atoms with Crippen LogP contribution < -0.4 is 5.32 Å². The Morgan fingerprint density at radius 1 is 1.35 bits per heavy atom. The molecular formula is C12H17NO4. The van der Waals surface area contributed by atoms with Crippen molar-refractivity contribution < 1.29 is 19.1 Å². The maximum atomic E-state index is 11.5. The zero-order valence-electron chi connectivity index (χ0n) is 9.95. The molecule has 0 amide bonds. The lowest BCUT2D eigenvalue weighted by Gasteiger charge is -2.20. The molecule has 17 heavy (non-hydrogen) atoms. The fourth-order valence-electron chi connectivity index (χ4n) is 1.54. The second kappa shape index (κ2) is 7.69. The van der Waals surface area contributed by atoms with Gasteiger partial charge in [0.2, 0.25) is 0 Å². The molecule has 1 unspecified atom stereocenters. The molecule has 0 bridgehead atoms. The highest BCUT2D eigenvalue weighted by molar-refractivity contribution is 5.88. The molecule has 0 spiro atoms. The fraction of sp³-hybridized carbons (Fsp3) is 0.667. The average molecular weight is 239 g/mol. The Bertz CT molecular complexity index is 323. The van der Waals surface area contributed by atoms with Gasteiger partial charge in [0.1, 0.15) is 6.04 Å². The van der Waals surface area contributed by atoms with Gasteiger partial charge in [0.15, 0.2) is 6.61 Å². The molecule has 0 radical (unpaired) electrons. The number of hydrogen-bond acceptors (Lipinski definition) is 5. The monoisotopic (exact) mass is 239 g/mol. The van der Waals surface area contributed by atoms with Gasteiger partial charge in [0.25, 0.3) is 0 Å². The van der Waals surface area contributed by atoms with Crippen LogP contribution in [0.15, 0.2) is 0 Å². The van der Waals surface area contributed by atoms with E-state index in [0.717, 1.165) is 25.8 Å². The maximum Gasteiger partial charge on any atom is 0.384 e. The van der Waals surface area contributed by atoms with Crippen molar-refractivity contribution in [1.29, 1.82) is 0 Å². The Balaban J connectivity index is 2.21. The predicted octanol–water partition coefficient (Wildman–Crippen LogP) is 0.238. The van der Waals surface area contributed by atoms with Gasteiger partial charge in [-0.15, -0.1) is 0 Å². The van der Waals surface area contributed by atoms with E-state index >= 15 is 0 Å². The van der Waals surface area contributed by atoms with E-state index in [1.165, 1.54) is 0 Å². The van der Waals surface area contributed by atoms with Gasteiger partial charge in [-0.2, -0.15) is 0 Å². The summed E-state index contributed by atoms with van der Waals surface area (Å²) in [5.74, 6) is 3.78. The SMILES string of the molecule is CCOC(=O)C#CCOC(=O)C1CCCCN1. The molecule has 0 aromatic rings. The lowest BCUT2D eigenvalue weighted by molar-refractivity contribution is -0.145. The van der Waals surface area contributed by atoms with Gasteiger partial charge >= 0.3 is 11.9 Å². The molecule has 1 rings (SSSR count). The molecule has 1 atom stereocenters. The number of carbonyl (C=O) groups excluding carboxylic acids is 2. The quantitative estimate of drug-likeness (QED) is 0.434. The van der Waals surface area contributed by atoms with Crippen molar-refractivity contribution in [1.82, 2.24) is 5.32 Å². The number of nitrogens with one attached hydrogen (secondary N) is 1. The normalized spacial score (nSPS) is 18.8. The van der Waals surface area contributed by atoms with Gasteiger partial charge in [0.05, 0.1) is 6.61 Å². The third-order valence-electron chi connectivity index (χ3n) is 2.35. The minimum absolute atomic E-state index is 0.0736. The third-order valence-corrected chi connectivity index (χ3v) is 2.35. The molecule has 1 N–H and O–H groups in total. The first-order valence-corrected chi connectivity index (χ1v) is 5.79. The van der Waals surface area contributed by atoms with Gasteiger partial charge in [-0.05, 0) is 32.2 Å². The summed E-state index contributed by atoms with van der Waals surface area (Å²) in [5, 5.41) is 3.07. The summed E-state index contributed by atoms with van der Waals surface area (Å²) in [6.45, 7) is 2.76. The van der Waals surface area contributed by atoms with E-state index in [2.05, 4.69) is 21.9 Å². The highest BCUT2D eigenvalue weighted by atomic mass is 16.5. The largest absolute Gasteiger partial charge is 0.456 e. The average Bonchev–Trinajstić information content (AvgIpc) is 2.36. The molecule has 5 nitrogen and oxygen atoms in total. The van der Waals surface area contributed by atoms with Gasteiger partial charge < -0.3 is 14.8 Å². The van der Waals surface area contributed by atoms with Gasteiger partial charge in [-0.25, -0.2) is 4.79 Å². The molecule has 0 saturated carbocycles. The van der Waals surface area contributed by atoms with E-state index in [-0.39, 0.29) is 18.6 Å². The van der Waals surface area contributed by atoms with Crippen molar-refractivity contribution in [2.45, 2.75) is 32.2 Å².